The maximum absolute atomic E-state index is 12.7. The number of hydrogen-bond donors (Lipinski definition) is 1. The van der Waals surface area contributed by atoms with Crippen LogP contribution in [0, 0.1) is 5.41 Å². The van der Waals surface area contributed by atoms with Gasteiger partial charge in [-0.1, -0.05) is 36.5 Å². The Balaban J connectivity index is 2.30. The third kappa shape index (κ3) is 2.56. The van der Waals surface area contributed by atoms with Crippen LogP contribution in [0.25, 0.3) is 0 Å². The molecule has 0 saturated carbocycles. The van der Waals surface area contributed by atoms with Gasteiger partial charge in [0.15, 0.2) is 5.78 Å². The molecule has 98 valence electrons. The van der Waals surface area contributed by atoms with Gasteiger partial charge in [0, 0.05) is 17.5 Å². The minimum atomic E-state index is -0.258. The molecule has 1 aromatic rings. The van der Waals surface area contributed by atoms with E-state index in [1.54, 1.807) is 18.2 Å². The first-order valence-corrected chi connectivity index (χ1v) is 7.05. The lowest BCUT2D eigenvalue weighted by Crippen LogP contribution is -2.33. The lowest BCUT2D eigenvalue weighted by atomic mass is 9.76. The van der Waals surface area contributed by atoms with Crippen molar-refractivity contribution in [3.05, 3.63) is 33.8 Å². The second kappa shape index (κ2) is 5.60. The van der Waals surface area contributed by atoms with E-state index in [9.17, 15) is 4.79 Å². The van der Waals surface area contributed by atoms with Crippen LogP contribution in [0.15, 0.2) is 18.2 Å². The highest BCUT2D eigenvalue weighted by molar-refractivity contribution is 6.42. The van der Waals surface area contributed by atoms with Crippen molar-refractivity contribution in [2.24, 2.45) is 5.41 Å². The molecule has 18 heavy (non-hydrogen) atoms. The number of ketones is 1. The summed E-state index contributed by atoms with van der Waals surface area (Å²) in [6.07, 6.45) is 2.83. The van der Waals surface area contributed by atoms with E-state index < -0.39 is 0 Å². The smallest absolute Gasteiger partial charge is 0.170 e. The van der Waals surface area contributed by atoms with Gasteiger partial charge in [-0.05, 0) is 37.6 Å². The maximum atomic E-state index is 12.7. The van der Waals surface area contributed by atoms with E-state index in [4.69, 9.17) is 23.2 Å². The Labute approximate surface area is 118 Å². The second-order valence-corrected chi connectivity index (χ2v) is 5.73. The van der Waals surface area contributed by atoms with Crippen LogP contribution in [0.1, 0.15) is 36.5 Å². The van der Waals surface area contributed by atoms with E-state index in [1.807, 2.05) is 0 Å². The molecule has 0 amide bonds. The van der Waals surface area contributed by atoms with E-state index in [-0.39, 0.29) is 11.2 Å². The number of hydrogen-bond acceptors (Lipinski definition) is 2. The number of rotatable bonds is 4. The number of benzene rings is 1. The van der Waals surface area contributed by atoms with E-state index >= 15 is 0 Å². The zero-order valence-corrected chi connectivity index (χ0v) is 11.9. The molecule has 0 aliphatic carbocycles. The molecule has 2 rings (SSSR count). The van der Waals surface area contributed by atoms with Gasteiger partial charge >= 0.3 is 0 Å². The largest absolute Gasteiger partial charge is 0.316 e. The molecular weight excluding hydrogens is 269 g/mol. The van der Waals surface area contributed by atoms with E-state index in [0.29, 0.717) is 15.6 Å². The van der Waals surface area contributed by atoms with Crippen molar-refractivity contribution >= 4 is 29.0 Å². The zero-order valence-electron chi connectivity index (χ0n) is 10.4. The summed E-state index contributed by atoms with van der Waals surface area (Å²) >= 11 is 11.9. The molecule has 0 spiro atoms. The average Bonchev–Trinajstić information content (AvgIpc) is 2.82. The Hall–Kier alpha value is -0.570. The Kier molecular flexibility index (Phi) is 4.31. The monoisotopic (exact) mass is 285 g/mol. The molecule has 1 N–H and O–H groups in total. The molecule has 1 fully saturated rings. The van der Waals surface area contributed by atoms with Crippen LogP contribution in [0.3, 0.4) is 0 Å². The van der Waals surface area contributed by atoms with Crippen LogP contribution in [0.2, 0.25) is 10.0 Å². The fraction of sp³-hybridized carbons (Fsp3) is 0.500. The van der Waals surface area contributed by atoms with Crippen LogP contribution in [0.4, 0.5) is 0 Å². The van der Waals surface area contributed by atoms with Gasteiger partial charge in [0.2, 0.25) is 0 Å². The Morgan fingerprint density at radius 1 is 1.39 bits per heavy atom. The molecule has 0 bridgehead atoms. The molecule has 0 unspecified atom stereocenters. The van der Waals surface area contributed by atoms with Crippen LogP contribution < -0.4 is 5.32 Å². The minimum Gasteiger partial charge on any atom is -0.316 e. The molecule has 4 heteroatoms. The summed E-state index contributed by atoms with van der Waals surface area (Å²) in [6, 6.07) is 5.15. The fourth-order valence-electron chi connectivity index (χ4n) is 2.69. The Morgan fingerprint density at radius 3 is 2.72 bits per heavy atom. The summed E-state index contributed by atoms with van der Waals surface area (Å²) in [5, 5.41) is 4.23. The number of carbonyl (C=O) groups excluding carboxylic acids is 1. The van der Waals surface area contributed by atoms with Gasteiger partial charge < -0.3 is 5.32 Å². The SMILES string of the molecule is CCC[C@@]1(C(=O)c2ccc(Cl)c(Cl)c2)CCNC1. The predicted octanol–water partition coefficient (Wildman–Crippen LogP) is 3.96. The molecule has 1 heterocycles. The molecule has 0 radical (unpaired) electrons. The summed E-state index contributed by atoms with van der Waals surface area (Å²) < 4.78 is 0. The molecule has 1 aliphatic rings. The number of Topliss-reactive ketones (excluding diaryl/α,β-unsaturated/α-hetero) is 1. The van der Waals surface area contributed by atoms with Gasteiger partial charge in [0.05, 0.1) is 10.0 Å². The molecule has 1 atom stereocenters. The molecular formula is C14H17Cl2NO. The first-order valence-electron chi connectivity index (χ1n) is 6.29. The van der Waals surface area contributed by atoms with E-state index in [1.165, 1.54) is 0 Å². The fourth-order valence-corrected chi connectivity index (χ4v) is 2.98. The summed E-state index contributed by atoms with van der Waals surface area (Å²) in [5.74, 6) is 0.188. The second-order valence-electron chi connectivity index (χ2n) is 4.92. The van der Waals surface area contributed by atoms with Gasteiger partial charge in [-0.2, -0.15) is 0 Å². The predicted molar refractivity (Wildman–Crippen MR) is 75.6 cm³/mol. The third-order valence-electron chi connectivity index (χ3n) is 3.64. The van der Waals surface area contributed by atoms with Crippen molar-refractivity contribution in [1.82, 2.24) is 5.32 Å². The highest BCUT2D eigenvalue weighted by Crippen LogP contribution is 2.36. The van der Waals surface area contributed by atoms with Crippen molar-refractivity contribution in [3.63, 3.8) is 0 Å². The molecule has 1 saturated heterocycles. The molecule has 0 aromatic heterocycles. The van der Waals surface area contributed by atoms with Gasteiger partial charge in [-0.3, -0.25) is 4.79 Å². The minimum absolute atomic E-state index is 0.188. The highest BCUT2D eigenvalue weighted by atomic mass is 35.5. The van der Waals surface area contributed by atoms with Crippen LogP contribution >= 0.6 is 23.2 Å². The topological polar surface area (TPSA) is 29.1 Å². The van der Waals surface area contributed by atoms with Crippen LogP contribution in [-0.4, -0.2) is 18.9 Å². The van der Waals surface area contributed by atoms with Gasteiger partial charge in [0.25, 0.3) is 0 Å². The average molecular weight is 286 g/mol. The van der Waals surface area contributed by atoms with Crippen LogP contribution in [-0.2, 0) is 0 Å². The van der Waals surface area contributed by atoms with Crippen molar-refractivity contribution in [1.29, 1.82) is 0 Å². The summed E-state index contributed by atoms with van der Waals surface area (Å²) in [7, 11) is 0. The van der Waals surface area contributed by atoms with Gasteiger partial charge in [0.1, 0.15) is 0 Å². The standard InChI is InChI=1S/C14H17Cl2NO/c1-2-5-14(6-7-17-9-14)13(18)10-3-4-11(15)12(16)8-10/h3-4,8,17H,2,5-7,9H2,1H3/t14-/m1/s1. The summed E-state index contributed by atoms with van der Waals surface area (Å²) in [4.78, 5) is 12.7. The molecule has 1 aromatic carbocycles. The van der Waals surface area contributed by atoms with E-state index in [2.05, 4.69) is 12.2 Å². The highest BCUT2D eigenvalue weighted by Gasteiger charge is 2.40. The van der Waals surface area contributed by atoms with Crippen LogP contribution in [0.5, 0.6) is 0 Å². The van der Waals surface area contributed by atoms with Crippen molar-refractivity contribution in [2.75, 3.05) is 13.1 Å². The van der Waals surface area contributed by atoms with Gasteiger partial charge in [-0.15, -0.1) is 0 Å². The first-order chi connectivity index (χ1) is 8.59. The summed E-state index contributed by atoms with van der Waals surface area (Å²) in [6.45, 7) is 3.79. The van der Waals surface area contributed by atoms with Crippen molar-refractivity contribution in [3.8, 4) is 0 Å². The number of nitrogens with one attached hydrogen (secondary N) is 1. The van der Waals surface area contributed by atoms with Crippen molar-refractivity contribution in [2.45, 2.75) is 26.2 Å². The lowest BCUT2D eigenvalue weighted by molar-refractivity contribution is 0.0802. The quantitative estimate of drug-likeness (QED) is 0.849. The lowest BCUT2D eigenvalue weighted by Gasteiger charge is -2.26. The molecule has 1 aliphatic heterocycles. The number of halogens is 2. The normalized spacial score (nSPS) is 23.3. The first kappa shape index (κ1) is 13.9. The zero-order chi connectivity index (χ0) is 13.2. The Bertz CT molecular complexity index is 453. The van der Waals surface area contributed by atoms with Gasteiger partial charge in [-0.25, -0.2) is 0 Å². The van der Waals surface area contributed by atoms with Crippen molar-refractivity contribution < 1.29 is 4.79 Å². The summed E-state index contributed by atoms with van der Waals surface area (Å²) in [5.41, 5.74) is 0.410. The third-order valence-corrected chi connectivity index (χ3v) is 4.37. The Morgan fingerprint density at radius 2 is 2.17 bits per heavy atom. The van der Waals surface area contributed by atoms with E-state index in [0.717, 1.165) is 32.4 Å². The molecule has 2 nitrogen and oxygen atoms in total. The maximum Gasteiger partial charge on any atom is 0.170 e. The number of carbonyl (C=O) groups is 1.